The molecule has 4 aromatic rings. The topological polar surface area (TPSA) is 76.9 Å². The minimum atomic E-state index is -4.92. The maximum Gasteiger partial charge on any atom is 0.417 e. The van der Waals surface area contributed by atoms with Gasteiger partial charge < -0.3 is 5.32 Å². The number of anilines is 1. The summed E-state index contributed by atoms with van der Waals surface area (Å²) >= 11 is 5.76. The number of alkyl halides is 3. The highest BCUT2D eigenvalue weighted by Crippen LogP contribution is 2.40. The monoisotopic (exact) mass is 588 g/mol. The Balaban J connectivity index is 1.63. The number of amides is 1. The summed E-state index contributed by atoms with van der Waals surface area (Å²) in [4.78, 5) is 34.6. The summed E-state index contributed by atoms with van der Waals surface area (Å²) in [5.74, 6) is -2.53. The number of hydrogen-bond acceptors (Lipinski definition) is 4. The normalized spacial score (nSPS) is 17.7. The molecule has 6 nitrogen and oxygen atoms in total. The van der Waals surface area contributed by atoms with Crippen LogP contribution in [0.5, 0.6) is 0 Å². The van der Waals surface area contributed by atoms with Crippen LogP contribution in [0, 0.1) is 17.6 Å². The molecule has 12 heteroatoms. The van der Waals surface area contributed by atoms with Gasteiger partial charge in [0.05, 0.1) is 34.3 Å². The van der Waals surface area contributed by atoms with Gasteiger partial charge in [0.1, 0.15) is 5.82 Å². The number of halogens is 6. The number of pyridine rings is 1. The van der Waals surface area contributed by atoms with Crippen molar-refractivity contribution in [2.24, 2.45) is 5.92 Å². The van der Waals surface area contributed by atoms with Crippen molar-refractivity contribution in [1.29, 1.82) is 0 Å². The highest BCUT2D eigenvalue weighted by Gasteiger charge is 2.36. The van der Waals surface area contributed by atoms with Crippen LogP contribution in [0.4, 0.5) is 27.6 Å². The van der Waals surface area contributed by atoms with E-state index < -0.39 is 57.2 Å². The molecule has 0 saturated carbocycles. The first-order valence-electron chi connectivity index (χ1n) is 12.6. The zero-order chi connectivity index (χ0) is 29.5. The zero-order valence-corrected chi connectivity index (χ0v) is 22.2. The number of fused-ring (bicyclic) bond motifs is 4. The molecule has 2 aromatic heterocycles. The summed E-state index contributed by atoms with van der Waals surface area (Å²) in [5.41, 5.74) is -1.76. The van der Waals surface area contributed by atoms with Gasteiger partial charge in [-0.1, -0.05) is 24.9 Å². The third-order valence-electron chi connectivity index (χ3n) is 7.06. The van der Waals surface area contributed by atoms with Crippen molar-refractivity contribution >= 4 is 23.2 Å². The number of nitrogens with one attached hydrogen (secondary N) is 1. The van der Waals surface area contributed by atoms with Crippen LogP contribution in [-0.4, -0.2) is 20.4 Å². The summed E-state index contributed by atoms with van der Waals surface area (Å²) in [5, 5.41) is 2.30. The molecule has 212 valence electrons. The van der Waals surface area contributed by atoms with Crippen molar-refractivity contribution in [2.75, 3.05) is 5.32 Å². The molecule has 1 aliphatic rings. The predicted octanol–water partition coefficient (Wildman–Crippen LogP) is 7.27. The summed E-state index contributed by atoms with van der Waals surface area (Å²) in [7, 11) is 0. The van der Waals surface area contributed by atoms with Gasteiger partial charge in [0.2, 0.25) is 5.91 Å². The van der Waals surface area contributed by atoms with Crippen LogP contribution >= 0.6 is 11.6 Å². The Hall–Kier alpha value is -4.12. The van der Waals surface area contributed by atoms with Crippen molar-refractivity contribution in [3.8, 4) is 22.4 Å². The third kappa shape index (κ3) is 5.72. The Morgan fingerprint density at radius 3 is 2.51 bits per heavy atom. The number of nitrogens with zero attached hydrogens (tertiary/aromatic N) is 3. The maximum atomic E-state index is 14.8. The van der Waals surface area contributed by atoms with E-state index in [0.29, 0.717) is 47.8 Å². The predicted molar refractivity (Wildman–Crippen MR) is 143 cm³/mol. The lowest BCUT2D eigenvalue weighted by Gasteiger charge is -2.23. The highest BCUT2D eigenvalue weighted by atomic mass is 35.5. The maximum absolute atomic E-state index is 14.8. The van der Waals surface area contributed by atoms with Crippen LogP contribution in [0.1, 0.15) is 43.5 Å². The number of carbonyl (C=O) groups excluding carboxylic acids is 1. The lowest BCUT2D eigenvalue weighted by molar-refractivity contribution is -0.137. The van der Waals surface area contributed by atoms with Crippen molar-refractivity contribution in [3.05, 3.63) is 99.3 Å². The fourth-order valence-corrected chi connectivity index (χ4v) is 5.07. The average molecular weight is 589 g/mol. The third-order valence-corrected chi connectivity index (χ3v) is 7.36. The van der Waals surface area contributed by atoms with E-state index in [2.05, 4.69) is 15.3 Å². The Labute approximate surface area is 235 Å². The molecule has 0 fully saturated rings. The van der Waals surface area contributed by atoms with Crippen molar-refractivity contribution in [3.63, 3.8) is 0 Å². The van der Waals surface area contributed by atoms with Crippen LogP contribution in [0.2, 0.25) is 5.02 Å². The van der Waals surface area contributed by atoms with Gasteiger partial charge in [-0.3, -0.25) is 19.1 Å². The molecule has 0 spiro atoms. The van der Waals surface area contributed by atoms with Gasteiger partial charge in [-0.05, 0) is 60.9 Å². The fraction of sp³-hybridized carbons (Fsp3) is 0.241. The van der Waals surface area contributed by atoms with Gasteiger partial charge >= 0.3 is 6.18 Å². The van der Waals surface area contributed by atoms with Crippen molar-refractivity contribution in [2.45, 2.75) is 38.4 Å². The zero-order valence-electron chi connectivity index (χ0n) is 21.5. The first-order valence-corrected chi connectivity index (χ1v) is 13.0. The number of benzene rings is 2. The lowest BCUT2D eigenvalue weighted by Crippen LogP contribution is -2.27. The van der Waals surface area contributed by atoms with E-state index in [0.717, 1.165) is 18.5 Å². The Morgan fingerprint density at radius 2 is 1.78 bits per heavy atom. The molecule has 3 heterocycles. The second-order valence-electron chi connectivity index (χ2n) is 9.80. The molecule has 2 aromatic carbocycles. The molecule has 41 heavy (non-hydrogen) atoms. The van der Waals surface area contributed by atoms with Crippen molar-refractivity contribution < 1.29 is 26.7 Å². The second kappa shape index (κ2) is 11.0. The van der Waals surface area contributed by atoms with E-state index in [1.165, 1.54) is 29.0 Å². The summed E-state index contributed by atoms with van der Waals surface area (Å²) in [6.45, 7) is 1.75. The summed E-state index contributed by atoms with van der Waals surface area (Å²) in [6, 6.07) is 8.78. The molecule has 1 aliphatic heterocycles. The SMILES string of the molecule is C[C@@H]1CCC[C@H](n2cnc(-c3c(C(F)(F)F)ccc(Cl)c3F)cc2=O)c2cc(ccn2)-c2cc(F)ccc2NC1=O. The van der Waals surface area contributed by atoms with Crippen LogP contribution < -0.4 is 10.9 Å². The Morgan fingerprint density at radius 1 is 1.00 bits per heavy atom. The minimum absolute atomic E-state index is 0.253. The molecule has 0 radical (unpaired) electrons. The van der Waals surface area contributed by atoms with E-state index in [1.54, 1.807) is 19.1 Å². The smallest absolute Gasteiger partial charge is 0.325 e. The van der Waals surface area contributed by atoms with Crippen LogP contribution in [0.3, 0.4) is 0 Å². The molecule has 5 rings (SSSR count). The largest absolute Gasteiger partial charge is 0.417 e. The first kappa shape index (κ1) is 28.4. The van der Waals surface area contributed by atoms with E-state index >= 15 is 0 Å². The quantitative estimate of drug-likeness (QED) is 0.250. The number of rotatable bonds is 2. The molecule has 1 N–H and O–H groups in total. The molecule has 0 saturated heterocycles. The van der Waals surface area contributed by atoms with Crippen molar-refractivity contribution in [1.82, 2.24) is 14.5 Å². The van der Waals surface area contributed by atoms with Crippen LogP contribution in [-0.2, 0) is 11.0 Å². The molecule has 1 amide bonds. The van der Waals surface area contributed by atoms with Gasteiger partial charge in [-0.2, -0.15) is 13.2 Å². The second-order valence-corrected chi connectivity index (χ2v) is 10.2. The highest BCUT2D eigenvalue weighted by molar-refractivity contribution is 6.31. The van der Waals surface area contributed by atoms with Gasteiger partial charge in [0.25, 0.3) is 5.56 Å². The number of carbonyl (C=O) groups is 1. The molecular weight excluding hydrogens is 567 g/mol. The molecule has 0 unspecified atom stereocenters. The van der Waals surface area contributed by atoms with E-state index in [4.69, 9.17) is 11.6 Å². The van der Waals surface area contributed by atoms with Gasteiger partial charge in [-0.25, -0.2) is 13.8 Å². The standard InChI is InChI=1S/C29H22ClF5N4O2/c1-15-3-2-4-24(22-11-16(9-10-36-22)18-12-17(31)5-8-21(18)38-28(15)41)39-14-37-23(13-25(39)40)26-19(29(33,34)35)6-7-20(30)27(26)32/h5-15,24H,2-4H2,1H3,(H,38,41)/t15-,24+/m1/s1. The molecular formula is C29H22ClF5N4O2. The van der Waals surface area contributed by atoms with Gasteiger partial charge in [0, 0.05) is 35.0 Å². The lowest BCUT2D eigenvalue weighted by atomic mass is 9.95. The Kier molecular flexibility index (Phi) is 7.65. The number of aromatic nitrogens is 3. The molecule has 2 atom stereocenters. The van der Waals surface area contributed by atoms with Crippen LogP contribution in [0.15, 0.2) is 65.8 Å². The first-order chi connectivity index (χ1) is 19.4. The van der Waals surface area contributed by atoms with E-state index in [9.17, 15) is 31.5 Å². The van der Waals surface area contributed by atoms with Crippen LogP contribution in [0.25, 0.3) is 22.4 Å². The minimum Gasteiger partial charge on any atom is -0.325 e. The van der Waals surface area contributed by atoms with Gasteiger partial charge in [-0.15, -0.1) is 0 Å². The van der Waals surface area contributed by atoms with Gasteiger partial charge in [0.15, 0.2) is 5.82 Å². The summed E-state index contributed by atoms with van der Waals surface area (Å²) in [6.07, 6.45) is -1.14. The Bertz CT molecular complexity index is 1710. The summed E-state index contributed by atoms with van der Waals surface area (Å²) < 4.78 is 71.2. The average Bonchev–Trinajstić information content (AvgIpc) is 2.92. The molecule has 2 bridgehead atoms. The number of hydrogen-bond donors (Lipinski definition) is 1. The van der Waals surface area contributed by atoms with E-state index in [-0.39, 0.29) is 5.91 Å². The molecule has 0 aliphatic carbocycles. The fourth-order valence-electron chi connectivity index (χ4n) is 4.91. The van der Waals surface area contributed by atoms with E-state index in [1.807, 2.05) is 0 Å².